The molecule has 0 aromatic heterocycles. The number of hydrogen-bond donors (Lipinski definition) is 1. The first kappa shape index (κ1) is 15.2. The Morgan fingerprint density at radius 1 is 1.10 bits per heavy atom. The highest BCUT2D eigenvalue weighted by Gasteiger charge is 2.21. The highest BCUT2D eigenvalue weighted by molar-refractivity contribution is 7.89. The average Bonchev–Trinajstić information content (AvgIpc) is 2.46. The second-order valence-electron chi connectivity index (χ2n) is 5.40. The summed E-state index contributed by atoms with van der Waals surface area (Å²) >= 11 is 0. The van der Waals surface area contributed by atoms with Gasteiger partial charge in [-0.25, -0.2) is 13.1 Å². The fourth-order valence-corrected chi connectivity index (χ4v) is 4.05. The van der Waals surface area contributed by atoms with Crippen molar-refractivity contribution in [3.05, 3.63) is 35.9 Å². The van der Waals surface area contributed by atoms with Crippen LogP contribution in [0.2, 0.25) is 0 Å². The second kappa shape index (κ2) is 6.99. The molecule has 0 atom stereocenters. The minimum absolute atomic E-state index is 0.148. The van der Waals surface area contributed by atoms with E-state index < -0.39 is 10.0 Å². The maximum absolute atomic E-state index is 12.0. The van der Waals surface area contributed by atoms with Crippen molar-refractivity contribution in [3.63, 3.8) is 0 Å². The summed E-state index contributed by atoms with van der Waals surface area (Å²) in [7, 11) is -3.36. The van der Waals surface area contributed by atoms with Gasteiger partial charge in [-0.3, -0.25) is 4.79 Å². The Balaban J connectivity index is 1.84. The van der Waals surface area contributed by atoms with Gasteiger partial charge < -0.3 is 0 Å². The van der Waals surface area contributed by atoms with Crippen molar-refractivity contribution in [3.8, 4) is 0 Å². The molecule has 0 saturated heterocycles. The summed E-state index contributed by atoms with van der Waals surface area (Å²) in [4.78, 5) is 11.9. The minimum atomic E-state index is -3.36. The first-order chi connectivity index (χ1) is 9.57. The van der Waals surface area contributed by atoms with E-state index in [2.05, 4.69) is 4.72 Å². The van der Waals surface area contributed by atoms with Crippen LogP contribution >= 0.6 is 0 Å². The van der Waals surface area contributed by atoms with E-state index in [1.54, 1.807) is 24.3 Å². The molecule has 0 unspecified atom stereocenters. The predicted molar refractivity (Wildman–Crippen MR) is 79.1 cm³/mol. The van der Waals surface area contributed by atoms with Gasteiger partial charge in [0, 0.05) is 5.56 Å². The van der Waals surface area contributed by atoms with Gasteiger partial charge in [0.15, 0.2) is 5.78 Å². The summed E-state index contributed by atoms with van der Waals surface area (Å²) in [6, 6.07) is 8.74. The van der Waals surface area contributed by atoms with E-state index in [1.165, 1.54) is 6.42 Å². The van der Waals surface area contributed by atoms with Crippen LogP contribution < -0.4 is 4.72 Å². The lowest BCUT2D eigenvalue weighted by Crippen LogP contribution is -2.34. The standard InChI is InChI=1S/C15H21NO3S/c17-15(14-9-5-2-6-10-14)11-16-20(18,19)12-13-7-3-1-4-8-13/h2,5-6,9-10,13,16H,1,3-4,7-8,11-12H2. The smallest absolute Gasteiger partial charge is 0.212 e. The average molecular weight is 295 g/mol. The third-order valence-electron chi connectivity index (χ3n) is 3.73. The van der Waals surface area contributed by atoms with Gasteiger partial charge in [-0.2, -0.15) is 0 Å². The molecule has 1 N–H and O–H groups in total. The Labute approximate surface area is 120 Å². The molecular weight excluding hydrogens is 274 g/mol. The van der Waals surface area contributed by atoms with Crippen molar-refractivity contribution in [1.82, 2.24) is 4.72 Å². The normalized spacial score (nSPS) is 17.0. The summed E-state index contributed by atoms with van der Waals surface area (Å²) in [5.74, 6) is 0.195. The molecule has 1 saturated carbocycles. The van der Waals surface area contributed by atoms with Crippen LogP contribution in [-0.4, -0.2) is 26.5 Å². The van der Waals surface area contributed by atoms with Gasteiger partial charge in [0.1, 0.15) is 0 Å². The molecule has 1 aliphatic carbocycles. The molecule has 0 radical (unpaired) electrons. The van der Waals surface area contributed by atoms with Gasteiger partial charge in [-0.15, -0.1) is 0 Å². The maximum Gasteiger partial charge on any atom is 0.212 e. The molecule has 1 aliphatic rings. The molecule has 1 aromatic rings. The number of hydrogen-bond acceptors (Lipinski definition) is 3. The number of Topliss-reactive ketones (excluding diaryl/α,β-unsaturated/α-hetero) is 1. The Kier molecular flexibility index (Phi) is 5.31. The van der Waals surface area contributed by atoms with Crippen LogP contribution in [0.15, 0.2) is 30.3 Å². The molecule has 4 nitrogen and oxygen atoms in total. The second-order valence-corrected chi connectivity index (χ2v) is 7.25. The Bertz CT molecular complexity index is 533. The topological polar surface area (TPSA) is 63.2 Å². The zero-order valence-electron chi connectivity index (χ0n) is 11.5. The van der Waals surface area contributed by atoms with E-state index in [4.69, 9.17) is 0 Å². The molecule has 0 bridgehead atoms. The molecule has 110 valence electrons. The van der Waals surface area contributed by atoms with E-state index >= 15 is 0 Å². The first-order valence-electron chi connectivity index (χ1n) is 7.12. The van der Waals surface area contributed by atoms with Gasteiger partial charge >= 0.3 is 0 Å². The molecule has 2 rings (SSSR count). The number of carbonyl (C=O) groups is 1. The molecular formula is C15H21NO3S. The monoisotopic (exact) mass is 295 g/mol. The summed E-state index contributed by atoms with van der Waals surface area (Å²) in [6.45, 7) is -0.154. The van der Waals surface area contributed by atoms with E-state index in [0.29, 0.717) is 5.56 Å². The molecule has 1 fully saturated rings. The van der Waals surface area contributed by atoms with Gasteiger partial charge in [0.05, 0.1) is 12.3 Å². The van der Waals surface area contributed by atoms with Crippen LogP contribution in [0.1, 0.15) is 42.5 Å². The third kappa shape index (κ3) is 4.72. The van der Waals surface area contributed by atoms with E-state index in [0.717, 1.165) is 25.7 Å². The van der Waals surface area contributed by atoms with Gasteiger partial charge in [-0.1, -0.05) is 49.6 Å². The number of nitrogens with one attached hydrogen (secondary N) is 1. The minimum Gasteiger partial charge on any atom is -0.293 e. The summed E-state index contributed by atoms with van der Waals surface area (Å²) < 4.78 is 26.4. The van der Waals surface area contributed by atoms with Crippen molar-refractivity contribution in [1.29, 1.82) is 0 Å². The number of carbonyl (C=O) groups excluding carboxylic acids is 1. The molecule has 1 aromatic carbocycles. The summed E-state index contributed by atoms with van der Waals surface area (Å²) in [5.41, 5.74) is 0.535. The van der Waals surface area contributed by atoms with Crippen molar-refractivity contribution < 1.29 is 13.2 Å². The molecule has 20 heavy (non-hydrogen) atoms. The van der Waals surface area contributed by atoms with E-state index in [9.17, 15) is 13.2 Å². The zero-order valence-corrected chi connectivity index (χ0v) is 12.4. The summed E-state index contributed by atoms with van der Waals surface area (Å²) in [6.07, 6.45) is 5.39. The maximum atomic E-state index is 12.0. The number of benzene rings is 1. The highest BCUT2D eigenvalue weighted by atomic mass is 32.2. The lowest BCUT2D eigenvalue weighted by molar-refractivity contribution is 0.0997. The van der Waals surface area contributed by atoms with Crippen LogP contribution in [0.4, 0.5) is 0 Å². The zero-order chi connectivity index (χ0) is 14.4. The third-order valence-corrected chi connectivity index (χ3v) is 5.22. The predicted octanol–water partition coefficient (Wildman–Crippen LogP) is 2.37. The van der Waals surface area contributed by atoms with E-state index in [-0.39, 0.29) is 24.0 Å². The molecule has 0 aliphatic heterocycles. The van der Waals surface area contributed by atoms with Gasteiger partial charge in [0.2, 0.25) is 10.0 Å². The Morgan fingerprint density at radius 3 is 2.40 bits per heavy atom. The van der Waals surface area contributed by atoms with Crippen LogP contribution in [0.25, 0.3) is 0 Å². The fraction of sp³-hybridized carbons (Fsp3) is 0.533. The highest BCUT2D eigenvalue weighted by Crippen LogP contribution is 2.24. The van der Waals surface area contributed by atoms with Crippen LogP contribution in [0.3, 0.4) is 0 Å². The van der Waals surface area contributed by atoms with Crippen molar-refractivity contribution in [2.45, 2.75) is 32.1 Å². The first-order valence-corrected chi connectivity index (χ1v) is 8.78. The quantitative estimate of drug-likeness (QED) is 0.820. The van der Waals surface area contributed by atoms with Crippen LogP contribution in [0, 0.1) is 5.92 Å². The SMILES string of the molecule is O=C(CNS(=O)(=O)CC1CCCCC1)c1ccccc1. The van der Waals surface area contributed by atoms with Crippen molar-refractivity contribution in [2.75, 3.05) is 12.3 Å². The lowest BCUT2D eigenvalue weighted by atomic mass is 9.91. The van der Waals surface area contributed by atoms with Crippen LogP contribution in [-0.2, 0) is 10.0 Å². The fourth-order valence-electron chi connectivity index (χ4n) is 2.62. The largest absolute Gasteiger partial charge is 0.293 e. The Hall–Kier alpha value is -1.20. The summed E-state index contributed by atoms with van der Waals surface area (Å²) in [5, 5.41) is 0. The Morgan fingerprint density at radius 2 is 1.75 bits per heavy atom. The van der Waals surface area contributed by atoms with Gasteiger partial charge in [-0.05, 0) is 18.8 Å². The molecule has 0 amide bonds. The van der Waals surface area contributed by atoms with Crippen molar-refractivity contribution >= 4 is 15.8 Å². The molecule has 0 heterocycles. The van der Waals surface area contributed by atoms with Gasteiger partial charge in [0.25, 0.3) is 0 Å². The number of sulfonamides is 1. The van der Waals surface area contributed by atoms with Crippen LogP contribution in [0.5, 0.6) is 0 Å². The molecule has 0 spiro atoms. The lowest BCUT2D eigenvalue weighted by Gasteiger charge is -2.21. The number of ketones is 1. The molecule has 5 heteroatoms. The van der Waals surface area contributed by atoms with Crippen molar-refractivity contribution in [2.24, 2.45) is 5.92 Å². The van der Waals surface area contributed by atoms with E-state index in [1.807, 2.05) is 6.07 Å². The number of rotatable bonds is 6.